The Morgan fingerprint density at radius 2 is 1.55 bits per heavy atom. The van der Waals surface area contributed by atoms with Gasteiger partial charge in [-0.1, -0.05) is 41.4 Å². The third-order valence-electron chi connectivity index (χ3n) is 4.23. The molecule has 29 heavy (non-hydrogen) atoms. The van der Waals surface area contributed by atoms with Crippen molar-refractivity contribution in [3.05, 3.63) is 70.3 Å². The van der Waals surface area contributed by atoms with Crippen molar-refractivity contribution < 1.29 is 13.2 Å². The quantitative estimate of drug-likeness (QED) is 0.391. The fourth-order valence-corrected chi connectivity index (χ4v) is 2.94. The zero-order valence-corrected chi connectivity index (χ0v) is 17.3. The second kappa shape index (κ2) is 9.26. The van der Waals surface area contributed by atoms with Crippen molar-refractivity contribution >= 4 is 39.1 Å². The number of aryl methyl sites for hydroxylation is 1. The molecular weight excluding hydrogens is 445 g/mol. The van der Waals surface area contributed by atoms with E-state index in [2.05, 4.69) is 43.5 Å². The van der Waals surface area contributed by atoms with Gasteiger partial charge in [-0.05, 0) is 54.8 Å². The third-order valence-corrected chi connectivity index (χ3v) is 4.76. The Balaban J connectivity index is 1.83. The van der Waals surface area contributed by atoms with Crippen LogP contribution in [-0.2, 0) is 12.6 Å². The van der Waals surface area contributed by atoms with Gasteiger partial charge in [-0.2, -0.15) is 18.2 Å². The van der Waals surface area contributed by atoms with E-state index in [9.17, 15) is 13.2 Å². The van der Waals surface area contributed by atoms with Gasteiger partial charge in [-0.25, -0.2) is 4.98 Å². The summed E-state index contributed by atoms with van der Waals surface area (Å²) in [6.07, 6.45) is -0.564. The summed E-state index contributed by atoms with van der Waals surface area (Å²) < 4.78 is 40.9. The van der Waals surface area contributed by atoms with Gasteiger partial charge in [-0.15, -0.1) is 0 Å². The van der Waals surface area contributed by atoms with Crippen molar-refractivity contribution in [2.24, 2.45) is 0 Å². The molecule has 3 rings (SSSR count). The van der Waals surface area contributed by atoms with E-state index in [0.717, 1.165) is 29.9 Å². The van der Waals surface area contributed by atoms with Crippen LogP contribution in [0.15, 0.2) is 59.2 Å². The van der Waals surface area contributed by atoms with Gasteiger partial charge in [0, 0.05) is 22.0 Å². The van der Waals surface area contributed by atoms with Crippen molar-refractivity contribution in [1.29, 1.82) is 0 Å². The normalized spacial score (nSPS) is 11.3. The van der Waals surface area contributed by atoms with Crippen LogP contribution in [0.25, 0.3) is 0 Å². The first-order valence-corrected chi connectivity index (χ1v) is 9.97. The molecule has 152 valence electrons. The molecule has 0 saturated carbocycles. The van der Waals surface area contributed by atoms with E-state index in [1.54, 1.807) is 24.3 Å². The number of aromatic nitrogens is 2. The number of hydrogen-bond acceptors (Lipinski definition) is 4. The molecule has 0 aliphatic rings. The molecule has 0 saturated heterocycles. The summed E-state index contributed by atoms with van der Waals surface area (Å²) in [5.74, 6) is -0.226. The molecular formula is C21H20BrF3N4. The Bertz CT molecular complexity index is 942. The predicted octanol–water partition coefficient (Wildman–Crippen LogP) is 7.09. The highest BCUT2D eigenvalue weighted by atomic mass is 79.9. The number of rotatable bonds is 7. The van der Waals surface area contributed by atoms with Crippen molar-refractivity contribution in [3.63, 3.8) is 0 Å². The molecule has 0 aliphatic carbocycles. The average Bonchev–Trinajstić information content (AvgIpc) is 2.68. The van der Waals surface area contributed by atoms with Gasteiger partial charge in [0.1, 0.15) is 11.4 Å². The molecule has 0 radical (unpaired) electrons. The van der Waals surface area contributed by atoms with Gasteiger partial charge < -0.3 is 10.6 Å². The minimum atomic E-state index is -4.57. The molecule has 4 nitrogen and oxygen atoms in total. The fraction of sp³-hybridized carbons (Fsp3) is 0.238. The highest BCUT2D eigenvalue weighted by molar-refractivity contribution is 9.10. The Labute approximate surface area is 175 Å². The predicted molar refractivity (Wildman–Crippen MR) is 113 cm³/mol. The van der Waals surface area contributed by atoms with Crippen molar-refractivity contribution in [1.82, 2.24) is 9.97 Å². The monoisotopic (exact) mass is 464 g/mol. The van der Waals surface area contributed by atoms with Crippen LogP contribution in [0, 0.1) is 0 Å². The maximum Gasteiger partial charge on any atom is 0.421 e. The second-order valence-electron chi connectivity index (χ2n) is 6.51. The summed E-state index contributed by atoms with van der Waals surface area (Å²) in [7, 11) is 0. The van der Waals surface area contributed by atoms with Crippen molar-refractivity contribution in [2.75, 3.05) is 10.6 Å². The standard InChI is InChI=1S/C21H20BrF3N4/c1-2-3-4-14-5-9-17(10-6-14)28-20-26-13-18(21(23,24)25)19(29-20)27-16-11-7-15(22)8-12-16/h5-13H,2-4H2,1H3,(H2,26,27,28,29). The molecule has 0 fully saturated rings. The Kier molecular flexibility index (Phi) is 6.74. The topological polar surface area (TPSA) is 49.8 Å². The molecule has 0 unspecified atom stereocenters. The zero-order chi connectivity index (χ0) is 20.9. The Morgan fingerprint density at radius 3 is 2.17 bits per heavy atom. The first-order valence-electron chi connectivity index (χ1n) is 9.18. The molecule has 2 N–H and O–H groups in total. The molecule has 0 bridgehead atoms. The van der Waals surface area contributed by atoms with Gasteiger partial charge in [0.05, 0.1) is 0 Å². The highest BCUT2D eigenvalue weighted by Crippen LogP contribution is 2.35. The lowest BCUT2D eigenvalue weighted by molar-refractivity contribution is -0.137. The lowest BCUT2D eigenvalue weighted by Gasteiger charge is -2.15. The van der Waals surface area contributed by atoms with Crippen LogP contribution in [0.2, 0.25) is 0 Å². The largest absolute Gasteiger partial charge is 0.421 e. The number of unbranched alkanes of at least 4 members (excludes halogenated alkanes) is 1. The van der Waals surface area contributed by atoms with E-state index in [1.807, 2.05) is 24.3 Å². The van der Waals surface area contributed by atoms with Crippen LogP contribution >= 0.6 is 15.9 Å². The van der Waals surface area contributed by atoms with Gasteiger partial charge >= 0.3 is 6.18 Å². The maximum atomic E-state index is 13.4. The van der Waals surface area contributed by atoms with E-state index in [1.165, 1.54) is 5.56 Å². The summed E-state index contributed by atoms with van der Waals surface area (Å²) in [6, 6.07) is 14.5. The van der Waals surface area contributed by atoms with Gasteiger partial charge in [0.2, 0.25) is 5.95 Å². The van der Waals surface area contributed by atoms with E-state index < -0.39 is 11.7 Å². The van der Waals surface area contributed by atoms with E-state index in [-0.39, 0.29) is 11.8 Å². The van der Waals surface area contributed by atoms with Crippen LogP contribution in [0.1, 0.15) is 30.9 Å². The number of nitrogens with zero attached hydrogens (tertiary/aromatic N) is 2. The van der Waals surface area contributed by atoms with Crippen LogP contribution < -0.4 is 10.6 Å². The van der Waals surface area contributed by atoms with E-state index in [0.29, 0.717) is 11.4 Å². The molecule has 2 aromatic carbocycles. The lowest BCUT2D eigenvalue weighted by Crippen LogP contribution is -2.12. The molecule has 0 spiro atoms. The first-order chi connectivity index (χ1) is 13.8. The van der Waals surface area contributed by atoms with E-state index >= 15 is 0 Å². The van der Waals surface area contributed by atoms with Crippen LogP contribution in [-0.4, -0.2) is 9.97 Å². The summed E-state index contributed by atoms with van der Waals surface area (Å²) in [5.41, 5.74) is 1.48. The zero-order valence-electron chi connectivity index (χ0n) is 15.7. The summed E-state index contributed by atoms with van der Waals surface area (Å²) in [6.45, 7) is 2.14. The van der Waals surface area contributed by atoms with Gasteiger partial charge in [0.15, 0.2) is 0 Å². The van der Waals surface area contributed by atoms with Crippen LogP contribution in [0.4, 0.5) is 36.3 Å². The van der Waals surface area contributed by atoms with Gasteiger partial charge in [-0.3, -0.25) is 0 Å². The van der Waals surface area contributed by atoms with Crippen LogP contribution in [0.3, 0.4) is 0 Å². The number of alkyl halides is 3. The first kappa shape index (κ1) is 21.1. The van der Waals surface area contributed by atoms with Crippen molar-refractivity contribution in [2.45, 2.75) is 32.4 Å². The third kappa shape index (κ3) is 5.93. The van der Waals surface area contributed by atoms with Gasteiger partial charge in [0.25, 0.3) is 0 Å². The summed E-state index contributed by atoms with van der Waals surface area (Å²) >= 11 is 3.30. The lowest BCUT2D eigenvalue weighted by atomic mass is 10.1. The number of hydrogen-bond donors (Lipinski definition) is 2. The molecule has 0 amide bonds. The smallest absolute Gasteiger partial charge is 0.340 e. The van der Waals surface area contributed by atoms with E-state index in [4.69, 9.17) is 0 Å². The van der Waals surface area contributed by atoms with Crippen molar-refractivity contribution in [3.8, 4) is 0 Å². The molecule has 0 aliphatic heterocycles. The molecule has 8 heteroatoms. The minimum absolute atomic E-state index is 0.0823. The Morgan fingerprint density at radius 1 is 0.931 bits per heavy atom. The highest BCUT2D eigenvalue weighted by Gasteiger charge is 2.35. The number of anilines is 4. The molecule has 1 heterocycles. The number of benzene rings is 2. The maximum absolute atomic E-state index is 13.4. The average molecular weight is 465 g/mol. The van der Waals surface area contributed by atoms with Crippen LogP contribution in [0.5, 0.6) is 0 Å². The second-order valence-corrected chi connectivity index (χ2v) is 7.43. The summed E-state index contributed by atoms with van der Waals surface area (Å²) in [4.78, 5) is 7.90. The molecule has 1 aromatic heterocycles. The minimum Gasteiger partial charge on any atom is -0.340 e. The Hall–Kier alpha value is -2.61. The fourth-order valence-electron chi connectivity index (χ4n) is 2.68. The number of halogens is 4. The SMILES string of the molecule is CCCCc1ccc(Nc2ncc(C(F)(F)F)c(Nc3ccc(Br)cc3)n2)cc1. The number of nitrogens with one attached hydrogen (secondary N) is 2. The molecule has 0 atom stereocenters. The molecule has 3 aromatic rings. The summed E-state index contributed by atoms with van der Waals surface area (Å²) in [5, 5.41) is 5.70.